The Morgan fingerprint density at radius 2 is 1.96 bits per heavy atom. The Hall–Kier alpha value is -3.73. The van der Waals surface area contributed by atoms with Gasteiger partial charge in [-0.05, 0) is 55.5 Å². The molecule has 0 aliphatic rings. The number of hydrogen-bond donors (Lipinski definition) is 1. The fraction of sp³-hybridized carbons (Fsp3) is 0.158. The Bertz CT molecular complexity index is 962. The molecule has 0 unspecified atom stereocenters. The fourth-order valence-corrected chi connectivity index (χ4v) is 2.25. The highest BCUT2D eigenvalue weighted by molar-refractivity contribution is 5.77. The lowest BCUT2D eigenvalue weighted by atomic mass is 10.2. The van der Waals surface area contributed by atoms with E-state index in [4.69, 9.17) is 14.5 Å². The summed E-state index contributed by atoms with van der Waals surface area (Å²) in [5.41, 5.74) is 1.11. The van der Waals surface area contributed by atoms with E-state index in [1.165, 1.54) is 12.1 Å². The van der Waals surface area contributed by atoms with Crippen LogP contribution in [0.4, 0.5) is 4.39 Å². The molecular formula is C19H15FN4O3. The minimum atomic E-state index is -0.524. The van der Waals surface area contributed by atoms with E-state index in [2.05, 4.69) is 15.5 Å². The third-order valence-corrected chi connectivity index (χ3v) is 3.65. The van der Waals surface area contributed by atoms with Gasteiger partial charge in [0.2, 0.25) is 11.7 Å². The quantitative estimate of drug-likeness (QED) is 0.720. The van der Waals surface area contributed by atoms with Crippen molar-refractivity contribution in [2.24, 2.45) is 0 Å². The van der Waals surface area contributed by atoms with E-state index in [1.807, 2.05) is 6.07 Å². The van der Waals surface area contributed by atoms with Gasteiger partial charge in [0.15, 0.2) is 6.61 Å². The molecule has 1 aromatic heterocycles. The smallest absolute Gasteiger partial charge is 0.258 e. The first kappa shape index (κ1) is 18.1. The van der Waals surface area contributed by atoms with Crippen LogP contribution in [0.15, 0.2) is 53.1 Å². The van der Waals surface area contributed by atoms with Crippen molar-refractivity contribution in [3.63, 3.8) is 0 Å². The summed E-state index contributed by atoms with van der Waals surface area (Å²) in [6.45, 7) is 1.50. The Morgan fingerprint density at radius 1 is 1.26 bits per heavy atom. The molecule has 1 N–H and O–H groups in total. The molecule has 8 heteroatoms. The maximum atomic E-state index is 13.0. The van der Waals surface area contributed by atoms with Crippen LogP contribution < -0.4 is 10.1 Å². The number of rotatable bonds is 6. The molecule has 0 aliphatic carbocycles. The number of ether oxygens (including phenoxy) is 1. The Kier molecular flexibility index (Phi) is 5.42. The maximum absolute atomic E-state index is 13.0. The monoisotopic (exact) mass is 366 g/mol. The van der Waals surface area contributed by atoms with Gasteiger partial charge in [0.25, 0.3) is 5.91 Å². The predicted molar refractivity (Wildman–Crippen MR) is 92.9 cm³/mol. The zero-order valence-electron chi connectivity index (χ0n) is 14.3. The summed E-state index contributed by atoms with van der Waals surface area (Å²) >= 11 is 0. The van der Waals surface area contributed by atoms with Crippen molar-refractivity contribution in [2.75, 3.05) is 6.61 Å². The van der Waals surface area contributed by atoms with E-state index in [0.717, 1.165) is 0 Å². The molecule has 0 radical (unpaired) electrons. The van der Waals surface area contributed by atoms with Crippen LogP contribution >= 0.6 is 0 Å². The van der Waals surface area contributed by atoms with Crippen LogP contribution in [0.2, 0.25) is 0 Å². The molecule has 7 nitrogen and oxygen atoms in total. The van der Waals surface area contributed by atoms with Gasteiger partial charge in [-0.15, -0.1) is 0 Å². The first-order valence-corrected chi connectivity index (χ1v) is 8.07. The number of nitrogens with zero attached hydrogens (tertiary/aromatic N) is 3. The number of hydrogen-bond acceptors (Lipinski definition) is 6. The van der Waals surface area contributed by atoms with Gasteiger partial charge in [0.1, 0.15) is 17.6 Å². The van der Waals surface area contributed by atoms with Gasteiger partial charge in [0, 0.05) is 5.56 Å². The largest absolute Gasteiger partial charge is 0.484 e. The molecule has 3 aromatic rings. The van der Waals surface area contributed by atoms with Crippen molar-refractivity contribution in [1.82, 2.24) is 15.5 Å². The Morgan fingerprint density at radius 3 is 2.63 bits per heavy atom. The lowest BCUT2D eigenvalue weighted by Gasteiger charge is -2.10. The molecule has 0 spiro atoms. The van der Waals surface area contributed by atoms with Crippen LogP contribution in [0.3, 0.4) is 0 Å². The number of nitrogens with one attached hydrogen (secondary N) is 1. The van der Waals surface area contributed by atoms with Crippen molar-refractivity contribution in [2.45, 2.75) is 13.0 Å². The Labute approximate surface area is 154 Å². The summed E-state index contributed by atoms with van der Waals surface area (Å²) in [5.74, 6) is 0.285. The highest BCUT2D eigenvalue weighted by atomic mass is 19.1. The molecule has 1 amide bonds. The van der Waals surface area contributed by atoms with E-state index >= 15 is 0 Å². The first-order valence-electron chi connectivity index (χ1n) is 8.07. The van der Waals surface area contributed by atoms with E-state index in [0.29, 0.717) is 22.7 Å². The average molecular weight is 366 g/mol. The third kappa shape index (κ3) is 4.67. The second-order valence-electron chi connectivity index (χ2n) is 5.68. The van der Waals surface area contributed by atoms with Gasteiger partial charge in [-0.25, -0.2) is 4.39 Å². The van der Waals surface area contributed by atoms with Gasteiger partial charge in [-0.1, -0.05) is 5.16 Å². The number of halogens is 1. The number of carbonyl (C=O) groups is 1. The summed E-state index contributed by atoms with van der Waals surface area (Å²) in [6, 6.07) is 13.6. The molecule has 0 aliphatic heterocycles. The van der Waals surface area contributed by atoms with Crippen LogP contribution in [0.5, 0.6) is 5.75 Å². The lowest BCUT2D eigenvalue weighted by Crippen LogP contribution is -2.31. The summed E-state index contributed by atoms with van der Waals surface area (Å²) in [6.07, 6.45) is 0. The lowest BCUT2D eigenvalue weighted by molar-refractivity contribution is -0.123. The summed E-state index contributed by atoms with van der Waals surface area (Å²) in [5, 5.41) is 15.3. The van der Waals surface area contributed by atoms with Gasteiger partial charge in [0.05, 0.1) is 11.6 Å². The van der Waals surface area contributed by atoms with Crippen LogP contribution in [0.1, 0.15) is 24.4 Å². The van der Waals surface area contributed by atoms with Gasteiger partial charge in [-0.3, -0.25) is 4.79 Å². The molecule has 27 heavy (non-hydrogen) atoms. The molecular weight excluding hydrogens is 351 g/mol. The van der Waals surface area contributed by atoms with E-state index < -0.39 is 6.04 Å². The molecule has 1 heterocycles. The summed E-state index contributed by atoms with van der Waals surface area (Å²) in [7, 11) is 0. The van der Waals surface area contributed by atoms with Gasteiger partial charge >= 0.3 is 0 Å². The molecule has 1 atom stereocenters. The average Bonchev–Trinajstić information content (AvgIpc) is 3.18. The fourth-order valence-electron chi connectivity index (χ4n) is 2.25. The second-order valence-corrected chi connectivity index (χ2v) is 5.68. The minimum absolute atomic E-state index is 0.199. The molecule has 3 rings (SSSR count). The van der Waals surface area contributed by atoms with Gasteiger partial charge < -0.3 is 14.6 Å². The number of carbonyl (C=O) groups excluding carboxylic acids is 1. The number of aromatic nitrogens is 2. The van der Waals surface area contributed by atoms with E-state index in [-0.39, 0.29) is 24.2 Å². The number of amides is 1. The zero-order chi connectivity index (χ0) is 19.2. The van der Waals surface area contributed by atoms with Crippen LogP contribution in [0.25, 0.3) is 11.4 Å². The Balaban J connectivity index is 1.55. The highest BCUT2D eigenvalue weighted by Gasteiger charge is 2.17. The van der Waals surface area contributed by atoms with Crippen LogP contribution in [-0.4, -0.2) is 22.7 Å². The number of benzene rings is 2. The van der Waals surface area contributed by atoms with Crippen molar-refractivity contribution in [3.8, 4) is 23.2 Å². The number of nitriles is 1. The standard InChI is InChI=1S/C19H15FN4O3/c1-12(19-23-18(24-27-19)14-4-6-15(20)7-5-14)22-17(25)11-26-16-8-2-13(10-21)3-9-16/h2-9,12H,11H2,1H3,(H,22,25)/t12-/m0/s1. The normalized spacial score (nSPS) is 11.4. The molecule has 0 saturated heterocycles. The van der Waals surface area contributed by atoms with Gasteiger partial charge in [-0.2, -0.15) is 10.2 Å². The van der Waals surface area contributed by atoms with Crippen LogP contribution in [-0.2, 0) is 4.79 Å². The first-order chi connectivity index (χ1) is 13.0. The van der Waals surface area contributed by atoms with E-state index in [9.17, 15) is 9.18 Å². The van der Waals surface area contributed by atoms with Crippen molar-refractivity contribution >= 4 is 5.91 Å². The molecule has 0 fully saturated rings. The zero-order valence-corrected chi connectivity index (χ0v) is 14.3. The molecule has 136 valence electrons. The van der Waals surface area contributed by atoms with Crippen molar-refractivity contribution in [3.05, 3.63) is 65.8 Å². The van der Waals surface area contributed by atoms with Crippen molar-refractivity contribution in [1.29, 1.82) is 5.26 Å². The van der Waals surface area contributed by atoms with E-state index in [1.54, 1.807) is 43.3 Å². The SMILES string of the molecule is C[C@H](NC(=O)COc1ccc(C#N)cc1)c1nc(-c2ccc(F)cc2)no1. The molecule has 2 aromatic carbocycles. The molecule has 0 bridgehead atoms. The highest BCUT2D eigenvalue weighted by Crippen LogP contribution is 2.19. The minimum Gasteiger partial charge on any atom is -0.484 e. The second kappa shape index (κ2) is 8.10. The topological polar surface area (TPSA) is 101 Å². The third-order valence-electron chi connectivity index (χ3n) is 3.65. The summed E-state index contributed by atoms with van der Waals surface area (Å²) < 4.78 is 23.5. The summed E-state index contributed by atoms with van der Waals surface area (Å²) in [4.78, 5) is 16.2. The van der Waals surface area contributed by atoms with Crippen LogP contribution in [0, 0.1) is 17.1 Å². The van der Waals surface area contributed by atoms with Crippen molar-refractivity contribution < 1.29 is 18.4 Å². The molecule has 0 saturated carbocycles. The predicted octanol–water partition coefficient (Wildman–Crippen LogP) is 3.00. The maximum Gasteiger partial charge on any atom is 0.258 e.